The lowest BCUT2D eigenvalue weighted by molar-refractivity contribution is -0.140. The molecule has 2 rings (SSSR count). The van der Waals surface area contributed by atoms with Crippen molar-refractivity contribution < 1.29 is 19.4 Å². The van der Waals surface area contributed by atoms with Crippen LogP contribution in [0.15, 0.2) is 5.38 Å². The lowest BCUT2D eigenvalue weighted by Gasteiger charge is -2.25. The topological polar surface area (TPSA) is 91.8 Å². The molecule has 0 bridgehead atoms. The SMILES string of the molecule is CCC(C)C(NC(=O)c1csc(CN2CCOCC2)n1)C(=O)O. The van der Waals surface area contributed by atoms with Crippen molar-refractivity contribution in [3.8, 4) is 0 Å². The van der Waals surface area contributed by atoms with Gasteiger partial charge in [0.15, 0.2) is 0 Å². The number of carbonyl (C=O) groups is 2. The number of amides is 1. The minimum atomic E-state index is -1.02. The molecule has 1 aliphatic rings. The molecule has 0 aliphatic carbocycles. The van der Waals surface area contributed by atoms with Crippen LogP contribution in [0.3, 0.4) is 0 Å². The molecular weight excluding hydrogens is 318 g/mol. The Morgan fingerprint density at radius 1 is 1.48 bits per heavy atom. The lowest BCUT2D eigenvalue weighted by Crippen LogP contribution is -2.45. The summed E-state index contributed by atoms with van der Waals surface area (Å²) in [5, 5.41) is 14.3. The van der Waals surface area contributed by atoms with Crippen molar-refractivity contribution in [2.45, 2.75) is 32.9 Å². The van der Waals surface area contributed by atoms with E-state index in [0.717, 1.165) is 18.1 Å². The highest BCUT2D eigenvalue weighted by Crippen LogP contribution is 2.15. The third-order valence-electron chi connectivity index (χ3n) is 4.01. The highest BCUT2D eigenvalue weighted by molar-refractivity contribution is 7.09. The van der Waals surface area contributed by atoms with Crippen molar-refractivity contribution in [3.05, 3.63) is 16.1 Å². The number of morpholine rings is 1. The highest BCUT2D eigenvalue weighted by atomic mass is 32.1. The van der Waals surface area contributed by atoms with Crippen molar-refractivity contribution >= 4 is 23.2 Å². The van der Waals surface area contributed by atoms with E-state index in [1.165, 1.54) is 11.3 Å². The maximum absolute atomic E-state index is 12.2. The van der Waals surface area contributed by atoms with Crippen LogP contribution >= 0.6 is 11.3 Å². The number of aromatic nitrogens is 1. The zero-order valence-corrected chi connectivity index (χ0v) is 14.3. The van der Waals surface area contributed by atoms with Crippen LogP contribution in [0.2, 0.25) is 0 Å². The van der Waals surface area contributed by atoms with Gasteiger partial charge in [-0.15, -0.1) is 11.3 Å². The molecule has 0 saturated carbocycles. The third kappa shape index (κ3) is 4.98. The van der Waals surface area contributed by atoms with Gasteiger partial charge in [0.2, 0.25) is 0 Å². The van der Waals surface area contributed by atoms with Gasteiger partial charge in [-0.3, -0.25) is 9.69 Å². The molecule has 1 saturated heterocycles. The Hall–Kier alpha value is -1.51. The second-order valence-electron chi connectivity index (χ2n) is 5.69. The van der Waals surface area contributed by atoms with E-state index in [-0.39, 0.29) is 11.6 Å². The Morgan fingerprint density at radius 3 is 2.78 bits per heavy atom. The summed E-state index contributed by atoms with van der Waals surface area (Å²) in [7, 11) is 0. The molecule has 0 radical (unpaired) electrons. The lowest BCUT2D eigenvalue weighted by atomic mass is 9.99. The van der Waals surface area contributed by atoms with Crippen molar-refractivity contribution in [2.75, 3.05) is 26.3 Å². The van der Waals surface area contributed by atoms with Gasteiger partial charge in [0.05, 0.1) is 19.8 Å². The van der Waals surface area contributed by atoms with Crippen LogP contribution in [0.4, 0.5) is 0 Å². The summed E-state index contributed by atoms with van der Waals surface area (Å²) < 4.78 is 5.30. The minimum absolute atomic E-state index is 0.136. The quantitative estimate of drug-likeness (QED) is 0.774. The summed E-state index contributed by atoms with van der Waals surface area (Å²) >= 11 is 1.42. The van der Waals surface area contributed by atoms with Crippen LogP contribution in [-0.4, -0.2) is 59.2 Å². The fourth-order valence-electron chi connectivity index (χ4n) is 2.34. The number of rotatable bonds is 7. The average Bonchev–Trinajstić information content (AvgIpc) is 3.01. The van der Waals surface area contributed by atoms with E-state index >= 15 is 0 Å². The summed E-state index contributed by atoms with van der Waals surface area (Å²) in [5.74, 6) is -1.58. The Morgan fingerprint density at radius 2 is 2.17 bits per heavy atom. The fraction of sp³-hybridized carbons (Fsp3) is 0.667. The van der Waals surface area contributed by atoms with Gasteiger partial charge in [0.1, 0.15) is 16.7 Å². The Labute approximate surface area is 139 Å². The second kappa shape index (κ2) is 8.37. The maximum atomic E-state index is 12.2. The number of hydrogen-bond donors (Lipinski definition) is 2. The van der Waals surface area contributed by atoms with Crippen molar-refractivity contribution in [3.63, 3.8) is 0 Å². The first-order valence-corrected chi connectivity index (χ1v) is 8.67. The normalized spacial score (nSPS) is 18.3. The van der Waals surface area contributed by atoms with E-state index < -0.39 is 17.9 Å². The molecule has 0 spiro atoms. The van der Waals surface area contributed by atoms with E-state index in [1.54, 1.807) is 5.38 Å². The molecule has 2 unspecified atom stereocenters. The molecule has 1 fully saturated rings. The van der Waals surface area contributed by atoms with E-state index in [4.69, 9.17) is 4.74 Å². The van der Waals surface area contributed by atoms with Crippen LogP contribution in [0.5, 0.6) is 0 Å². The predicted molar refractivity (Wildman–Crippen MR) is 86.6 cm³/mol. The summed E-state index contributed by atoms with van der Waals surface area (Å²) in [6.45, 7) is 7.54. The molecule has 7 nitrogen and oxygen atoms in total. The summed E-state index contributed by atoms with van der Waals surface area (Å²) in [6.07, 6.45) is 0.677. The smallest absolute Gasteiger partial charge is 0.326 e. The van der Waals surface area contributed by atoms with Gasteiger partial charge < -0.3 is 15.2 Å². The first-order chi connectivity index (χ1) is 11.0. The van der Waals surface area contributed by atoms with Crippen molar-refractivity contribution in [1.82, 2.24) is 15.2 Å². The number of nitrogens with zero attached hydrogens (tertiary/aromatic N) is 2. The number of thiazole rings is 1. The number of carbonyl (C=O) groups excluding carboxylic acids is 1. The molecule has 2 N–H and O–H groups in total. The van der Waals surface area contributed by atoms with Gasteiger partial charge in [-0.1, -0.05) is 20.3 Å². The predicted octanol–water partition coefficient (Wildman–Crippen LogP) is 1.20. The summed E-state index contributed by atoms with van der Waals surface area (Å²) in [6, 6.07) is -0.892. The van der Waals surface area contributed by atoms with Crippen LogP contribution in [0.1, 0.15) is 35.8 Å². The van der Waals surface area contributed by atoms with E-state index in [1.807, 2.05) is 13.8 Å². The van der Waals surface area contributed by atoms with Crippen LogP contribution in [-0.2, 0) is 16.1 Å². The number of nitrogens with one attached hydrogen (secondary N) is 1. The standard InChI is InChI=1S/C15H23N3O4S/c1-3-10(2)13(15(20)21)17-14(19)11-9-23-12(16-11)8-18-4-6-22-7-5-18/h9-10,13H,3-8H2,1-2H3,(H,17,19)(H,20,21). The minimum Gasteiger partial charge on any atom is -0.480 e. The summed E-state index contributed by atoms with van der Waals surface area (Å²) in [4.78, 5) is 30.1. The van der Waals surface area contributed by atoms with Gasteiger partial charge in [0.25, 0.3) is 5.91 Å². The number of carboxylic acids is 1. The van der Waals surface area contributed by atoms with Crippen LogP contribution in [0.25, 0.3) is 0 Å². The Balaban J connectivity index is 1.95. The molecule has 1 aromatic heterocycles. The molecule has 1 aliphatic heterocycles. The van der Waals surface area contributed by atoms with Gasteiger partial charge in [0, 0.05) is 18.5 Å². The van der Waals surface area contributed by atoms with Crippen molar-refractivity contribution in [1.29, 1.82) is 0 Å². The van der Waals surface area contributed by atoms with E-state index in [0.29, 0.717) is 26.2 Å². The number of aliphatic carboxylic acids is 1. The molecule has 2 atom stereocenters. The fourth-order valence-corrected chi connectivity index (χ4v) is 3.15. The van der Waals surface area contributed by atoms with Crippen LogP contribution in [0, 0.1) is 5.92 Å². The molecule has 23 heavy (non-hydrogen) atoms. The Bertz CT molecular complexity index is 543. The first kappa shape index (κ1) is 17.8. The number of ether oxygens (including phenoxy) is 1. The Kier molecular flexibility index (Phi) is 6.49. The molecule has 128 valence electrons. The zero-order valence-electron chi connectivity index (χ0n) is 13.4. The zero-order chi connectivity index (χ0) is 16.8. The van der Waals surface area contributed by atoms with Crippen molar-refractivity contribution in [2.24, 2.45) is 5.92 Å². The molecule has 8 heteroatoms. The molecule has 1 amide bonds. The average molecular weight is 341 g/mol. The highest BCUT2D eigenvalue weighted by Gasteiger charge is 2.26. The molecular formula is C15H23N3O4S. The van der Waals surface area contributed by atoms with Gasteiger partial charge >= 0.3 is 5.97 Å². The second-order valence-corrected chi connectivity index (χ2v) is 6.63. The molecule has 2 heterocycles. The van der Waals surface area contributed by atoms with Crippen LogP contribution < -0.4 is 5.32 Å². The number of carboxylic acid groups (broad SMARTS) is 1. The van der Waals surface area contributed by atoms with E-state index in [2.05, 4.69) is 15.2 Å². The molecule has 1 aromatic rings. The number of hydrogen-bond acceptors (Lipinski definition) is 6. The maximum Gasteiger partial charge on any atom is 0.326 e. The largest absolute Gasteiger partial charge is 0.480 e. The summed E-state index contributed by atoms with van der Waals surface area (Å²) in [5.41, 5.74) is 0.285. The third-order valence-corrected chi connectivity index (χ3v) is 4.85. The monoisotopic (exact) mass is 341 g/mol. The van der Waals surface area contributed by atoms with Gasteiger partial charge in [-0.25, -0.2) is 9.78 Å². The van der Waals surface area contributed by atoms with Gasteiger partial charge in [-0.05, 0) is 5.92 Å². The van der Waals surface area contributed by atoms with E-state index in [9.17, 15) is 14.7 Å². The molecule has 0 aromatic carbocycles. The van der Waals surface area contributed by atoms with Gasteiger partial charge in [-0.2, -0.15) is 0 Å². The first-order valence-electron chi connectivity index (χ1n) is 7.79.